The summed E-state index contributed by atoms with van der Waals surface area (Å²) in [6.45, 7) is 2.11. The fourth-order valence-corrected chi connectivity index (χ4v) is 5.26. The molecule has 1 aliphatic carbocycles. The highest BCUT2D eigenvalue weighted by Gasteiger charge is 2.32. The summed E-state index contributed by atoms with van der Waals surface area (Å²) in [6, 6.07) is 3.26. The third kappa shape index (κ3) is 2.34. The van der Waals surface area contributed by atoms with E-state index in [1.165, 1.54) is 17.8 Å². The maximum Gasteiger partial charge on any atom is 0.347 e. The van der Waals surface area contributed by atoms with Crippen LogP contribution in [-0.2, 0) is 5.54 Å². The first-order valence-corrected chi connectivity index (χ1v) is 8.63. The number of carboxylic acids is 1. The van der Waals surface area contributed by atoms with E-state index in [2.05, 4.69) is 22.9 Å². The molecular formula is C15H16BrNO3S. The molecule has 0 saturated heterocycles. The molecule has 2 heterocycles. The van der Waals surface area contributed by atoms with E-state index in [0.29, 0.717) is 4.47 Å². The smallest absolute Gasteiger partial charge is 0.347 e. The molecule has 1 N–H and O–H groups in total. The van der Waals surface area contributed by atoms with Crippen LogP contribution in [0.3, 0.4) is 0 Å². The fraction of sp³-hybridized carbons (Fsp3) is 0.467. The zero-order valence-corrected chi connectivity index (χ0v) is 14.1. The van der Waals surface area contributed by atoms with Crippen LogP contribution in [0.5, 0.6) is 0 Å². The number of carboxylic acid groups (broad SMARTS) is 1. The average Bonchev–Trinajstić information content (AvgIpc) is 2.76. The minimum Gasteiger partial charge on any atom is -0.477 e. The Hall–Kier alpha value is -1.14. The molecule has 1 saturated carbocycles. The minimum atomic E-state index is -0.962. The van der Waals surface area contributed by atoms with Crippen LogP contribution in [0.2, 0.25) is 0 Å². The minimum absolute atomic E-state index is 0.0439. The Morgan fingerprint density at radius 2 is 2.00 bits per heavy atom. The largest absolute Gasteiger partial charge is 0.477 e. The summed E-state index contributed by atoms with van der Waals surface area (Å²) in [7, 11) is 0. The monoisotopic (exact) mass is 369 g/mol. The first-order chi connectivity index (χ1) is 9.94. The Kier molecular flexibility index (Phi) is 3.69. The SMILES string of the molecule is CC1(n2c(=O)ccc3c(Br)c(C(=O)O)sc32)CCCCC1. The van der Waals surface area contributed by atoms with Gasteiger partial charge in [0, 0.05) is 17.0 Å². The van der Waals surface area contributed by atoms with Crippen molar-refractivity contribution in [3.8, 4) is 0 Å². The maximum absolute atomic E-state index is 12.4. The average molecular weight is 370 g/mol. The Bertz CT molecular complexity index is 771. The Morgan fingerprint density at radius 3 is 2.62 bits per heavy atom. The summed E-state index contributed by atoms with van der Waals surface area (Å²) in [5, 5.41) is 10.1. The lowest BCUT2D eigenvalue weighted by Crippen LogP contribution is -2.39. The summed E-state index contributed by atoms with van der Waals surface area (Å²) in [5.74, 6) is -0.962. The van der Waals surface area contributed by atoms with Crippen molar-refractivity contribution in [1.82, 2.24) is 4.57 Å². The summed E-state index contributed by atoms with van der Waals surface area (Å²) >= 11 is 4.55. The van der Waals surface area contributed by atoms with Gasteiger partial charge in [-0.3, -0.25) is 9.36 Å². The topological polar surface area (TPSA) is 59.3 Å². The van der Waals surface area contributed by atoms with E-state index in [1.54, 1.807) is 12.1 Å². The van der Waals surface area contributed by atoms with Crippen molar-refractivity contribution in [2.24, 2.45) is 0 Å². The van der Waals surface area contributed by atoms with Crippen molar-refractivity contribution in [2.75, 3.05) is 0 Å². The summed E-state index contributed by atoms with van der Waals surface area (Å²) in [4.78, 5) is 24.8. The lowest BCUT2D eigenvalue weighted by molar-refractivity contribution is 0.0701. The van der Waals surface area contributed by atoms with Crippen LogP contribution in [0.25, 0.3) is 10.2 Å². The summed E-state index contributed by atoms with van der Waals surface area (Å²) in [6.07, 6.45) is 5.35. The molecule has 21 heavy (non-hydrogen) atoms. The second kappa shape index (κ2) is 5.25. The molecule has 0 radical (unpaired) electrons. The number of pyridine rings is 1. The van der Waals surface area contributed by atoms with Crippen molar-refractivity contribution in [1.29, 1.82) is 0 Å². The molecule has 0 spiro atoms. The van der Waals surface area contributed by atoms with Crippen LogP contribution in [0, 0.1) is 0 Å². The number of carbonyl (C=O) groups is 1. The molecule has 4 nitrogen and oxygen atoms in total. The first-order valence-electron chi connectivity index (χ1n) is 7.02. The molecular weight excluding hydrogens is 354 g/mol. The van der Waals surface area contributed by atoms with Crippen molar-refractivity contribution < 1.29 is 9.90 Å². The van der Waals surface area contributed by atoms with E-state index in [-0.39, 0.29) is 16.0 Å². The fourth-order valence-electron chi connectivity index (χ4n) is 3.24. The summed E-state index contributed by atoms with van der Waals surface area (Å²) in [5.41, 5.74) is -0.257. The number of halogens is 1. The van der Waals surface area contributed by atoms with E-state index in [1.807, 2.05) is 4.57 Å². The maximum atomic E-state index is 12.4. The van der Waals surface area contributed by atoms with Gasteiger partial charge in [0.15, 0.2) is 0 Å². The molecule has 6 heteroatoms. The molecule has 0 atom stereocenters. The molecule has 2 aromatic heterocycles. The van der Waals surface area contributed by atoms with Gasteiger partial charge in [0.2, 0.25) is 0 Å². The number of rotatable bonds is 2. The van der Waals surface area contributed by atoms with Crippen LogP contribution in [0.4, 0.5) is 0 Å². The highest BCUT2D eigenvalue weighted by atomic mass is 79.9. The van der Waals surface area contributed by atoms with Gasteiger partial charge in [0.05, 0.1) is 4.47 Å². The number of hydrogen-bond donors (Lipinski definition) is 1. The Labute approximate surface area is 134 Å². The predicted octanol–water partition coefficient (Wildman–Crippen LogP) is 4.20. The van der Waals surface area contributed by atoms with Gasteiger partial charge >= 0.3 is 5.97 Å². The summed E-state index contributed by atoms with van der Waals surface area (Å²) < 4.78 is 2.40. The second-order valence-corrected chi connectivity index (χ2v) is 7.63. The van der Waals surface area contributed by atoms with Crippen LogP contribution in [-0.4, -0.2) is 15.6 Å². The number of fused-ring (bicyclic) bond motifs is 1. The van der Waals surface area contributed by atoms with Gasteiger partial charge in [0.25, 0.3) is 5.56 Å². The van der Waals surface area contributed by atoms with Crippen LogP contribution in [0.15, 0.2) is 21.4 Å². The number of aromatic carboxylic acids is 1. The molecule has 3 rings (SSSR count). The van der Waals surface area contributed by atoms with Crippen LogP contribution >= 0.6 is 27.3 Å². The van der Waals surface area contributed by atoms with Crippen molar-refractivity contribution in [3.05, 3.63) is 31.8 Å². The standard InChI is InChI=1S/C15H16BrNO3S/c1-15(7-3-2-4-8-15)17-10(18)6-5-9-11(16)12(14(19)20)21-13(9)17/h5-6H,2-4,7-8H2,1H3,(H,19,20). The number of hydrogen-bond acceptors (Lipinski definition) is 3. The van der Waals surface area contributed by atoms with Gasteiger partial charge in [-0.15, -0.1) is 11.3 Å². The molecule has 112 valence electrons. The van der Waals surface area contributed by atoms with Gasteiger partial charge in [-0.25, -0.2) is 4.79 Å². The molecule has 0 aliphatic heterocycles. The third-order valence-electron chi connectivity index (χ3n) is 4.35. The highest BCUT2D eigenvalue weighted by molar-refractivity contribution is 9.10. The molecule has 0 aromatic carbocycles. The van der Waals surface area contributed by atoms with Gasteiger partial charge in [-0.1, -0.05) is 19.3 Å². The van der Waals surface area contributed by atoms with E-state index in [9.17, 15) is 14.7 Å². The lowest BCUT2D eigenvalue weighted by Gasteiger charge is -2.36. The number of aromatic nitrogens is 1. The predicted molar refractivity (Wildman–Crippen MR) is 87.5 cm³/mol. The molecule has 1 aliphatic rings. The van der Waals surface area contributed by atoms with Gasteiger partial charge in [0.1, 0.15) is 9.71 Å². The van der Waals surface area contributed by atoms with Crippen LogP contribution in [0.1, 0.15) is 48.7 Å². The zero-order chi connectivity index (χ0) is 15.2. The molecule has 0 amide bonds. The third-order valence-corrected chi connectivity index (χ3v) is 6.61. The Balaban J connectivity index is 2.31. The molecule has 0 unspecified atom stereocenters. The highest BCUT2D eigenvalue weighted by Crippen LogP contribution is 2.40. The number of nitrogens with zero attached hydrogens (tertiary/aromatic N) is 1. The second-order valence-electron chi connectivity index (χ2n) is 5.83. The molecule has 2 aromatic rings. The van der Waals surface area contributed by atoms with E-state index < -0.39 is 5.97 Å². The molecule has 1 fully saturated rings. The van der Waals surface area contributed by atoms with Crippen molar-refractivity contribution in [3.63, 3.8) is 0 Å². The molecule has 0 bridgehead atoms. The normalized spacial score (nSPS) is 18.0. The van der Waals surface area contributed by atoms with Crippen molar-refractivity contribution in [2.45, 2.75) is 44.6 Å². The quantitative estimate of drug-likeness (QED) is 0.862. The number of thiophene rings is 1. The van der Waals surface area contributed by atoms with Crippen LogP contribution < -0.4 is 5.56 Å². The van der Waals surface area contributed by atoms with E-state index in [0.717, 1.165) is 35.9 Å². The zero-order valence-electron chi connectivity index (χ0n) is 11.7. The van der Waals surface area contributed by atoms with Crippen molar-refractivity contribution >= 4 is 43.5 Å². The van der Waals surface area contributed by atoms with Gasteiger partial charge in [-0.05, 0) is 41.8 Å². The van der Waals surface area contributed by atoms with Gasteiger partial charge in [-0.2, -0.15) is 0 Å². The van der Waals surface area contributed by atoms with Gasteiger partial charge < -0.3 is 5.11 Å². The lowest BCUT2D eigenvalue weighted by atomic mass is 9.83. The first kappa shape index (κ1) is 14.8. The Morgan fingerprint density at radius 1 is 1.33 bits per heavy atom. The van der Waals surface area contributed by atoms with E-state index >= 15 is 0 Å². The van der Waals surface area contributed by atoms with E-state index in [4.69, 9.17) is 0 Å².